The number of halogens is 2. The number of rotatable bonds is 6. The molecule has 0 aromatic heterocycles. The summed E-state index contributed by atoms with van der Waals surface area (Å²) in [5.74, 6) is 0.780. The van der Waals surface area contributed by atoms with Gasteiger partial charge in [-0.05, 0) is 49.2 Å². The van der Waals surface area contributed by atoms with Crippen LogP contribution in [0.4, 0.5) is 4.39 Å². The van der Waals surface area contributed by atoms with Crippen LogP contribution in [0, 0.1) is 5.82 Å². The molecule has 2 aromatic rings. The lowest BCUT2D eigenvalue weighted by Crippen LogP contribution is -2.42. The first-order chi connectivity index (χ1) is 12.9. The fraction of sp³-hybridized carbons (Fsp3) is 0.381. The van der Waals surface area contributed by atoms with Gasteiger partial charge in [0.25, 0.3) is 0 Å². The van der Waals surface area contributed by atoms with E-state index in [1.165, 1.54) is 17.7 Å². The van der Waals surface area contributed by atoms with Crippen LogP contribution in [0.5, 0.6) is 0 Å². The maximum absolute atomic E-state index is 13.2. The van der Waals surface area contributed by atoms with Gasteiger partial charge in [-0.15, -0.1) is 11.8 Å². The van der Waals surface area contributed by atoms with Gasteiger partial charge < -0.3 is 4.90 Å². The van der Waals surface area contributed by atoms with Crippen molar-refractivity contribution in [2.45, 2.75) is 31.8 Å². The van der Waals surface area contributed by atoms with Gasteiger partial charge in [0.05, 0.1) is 6.54 Å². The molecule has 1 fully saturated rings. The molecule has 0 spiro atoms. The summed E-state index contributed by atoms with van der Waals surface area (Å²) >= 11 is 5.20. The Balaban J connectivity index is 1.69. The largest absolute Gasteiger partial charge is 0.325 e. The van der Waals surface area contributed by atoms with Crippen LogP contribution >= 0.6 is 27.7 Å². The Hall–Kier alpha value is -1.37. The molecule has 0 unspecified atom stereocenters. The fourth-order valence-corrected chi connectivity index (χ4v) is 4.68. The number of benzene rings is 2. The van der Waals surface area contributed by atoms with Gasteiger partial charge in [0, 0.05) is 29.4 Å². The SMILES string of the molecule is CC(C)N(CC(=O)N1CCS[C@@H]1c1ccc(F)cc1)Cc1ccc(Br)cc1. The Bertz CT molecular complexity index is 767. The molecule has 0 saturated carbocycles. The zero-order chi connectivity index (χ0) is 19.4. The van der Waals surface area contributed by atoms with Gasteiger partial charge >= 0.3 is 0 Å². The van der Waals surface area contributed by atoms with E-state index in [4.69, 9.17) is 0 Å². The highest BCUT2D eigenvalue weighted by molar-refractivity contribution is 9.10. The summed E-state index contributed by atoms with van der Waals surface area (Å²) in [6.07, 6.45) is 0. The van der Waals surface area contributed by atoms with Gasteiger partial charge in [-0.3, -0.25) is 9.69 Å². The minimum Gasteiger partial charge on any atom is -0.325 e. The van der Waals surface area contributed by atoms with E-state index in [-0.39, 0.29) is 23.1 Å². The molecule has 1 atom stereocenters. The third kappa shape index (κ3) is 5.33. The van der Waals surface area contributed by atoms with E-state index in [9.17, 15) is 9.18 Å². The van der Waals surface area contributed by atoms with Crippen molar-refractivity contribution in [2.75, 3.05) is 18.8 Å². The normalized spacial score (nSPS) is 17.1. The van der Waals surface area contributed by atoms with Gasteiger partial charge in [0.2, 0.25) is 5.91 Å². The average molecular weight is 451 g/mol. The van der Waals surface area contributed by atoms with E-state index in [0.717, 1.165) is 28.9 Å². The Labute approximate surface area is 173 Å². The molecular formula is C21H24BrFN2OS. The molecular weight excluding hydrogens is 427 g/mol. The Morgan fingerprint density at radius 3 is 2.52 bits per heavy atom. The maximum Gasteiger partial charge on any atom is 0.237 e. The second kappa shape index (κ2) is 9.22. The van der Waals surface area contributed by atoms with Gasteiger partial charge in [-0.1, -0.05) is 40.2 Å². The first-order valence-corrected chi connectivity index (χ1v) is 10.9. The molecule has 3 rings (SSSR count). The second-order valence-corrected chi connectivity index (χ2v) is 9.09. The average Bonchev–Trinajstić information content (AvgIpc) is 3.13. The standard InChI is InChI=1S/C21H24BrFN2OS/c1-15(2)24(13-16-3-7-18(22)8-4-16)14-20(26)25-11-12-27-21(25)17-5-9-19(23)10-6-17/h3-10,15,21H,11-14H2,1-2H3/t21-/m1/s1. The van der Waals surface area contributed by atoms with Crippen molar-refractivity contribution in [1.82, 2.24) is 9.80 Å². The lowest BCUT2D eigenvalue weighted by Gasteiger charge is -2.30. The van der Waals surface area contributed by atoms with Crippen molar-refractivity contribution < 1.29 is 9.18 Å². The van der Waals surface area contributed by atoms with Gasteiger partial charge in [0.1, 0.15) is 11.2 Å². The summed E-state index contributed by atoms with van der Waals surface area (Å²) in [5.41, 5.74) is 2.17. The topological polar surface area (TPSA) is 23.6 Å². The first kappa shape index (κ1) is 20.4. The van der Waals surface area contributed by atoms with Gasteiger partial charge in [-0.2, -0.15) is 0 Å². The predicted octanol–water partition coefficient (Wildman–Crippen LogP) is 5.07. The highest BCUT2D eigenvalue weighted by atomic mass is 79.9. The smallest absolute Gasteiger partial charge is 0.237 e. The van der Waals surface area contributed by atoms with Crippen molar-refractivity contribution in [3.63, 3.8) is 0 Å². The molecule has 1 saturated heterocycles. The molecule has 0 bridgehead atoms. The van der Waals surface area contributed by atoms with Crippen molar-refractivity contribution in [2.24, 2.45) is 0 Å². The molecule has 1 heterocycles. The predicted molar refractivity (Wildman–Crippen MR) is 113 cm³/mol. The van der Waals surface area contributed by atoms with Crippen LogP contribution in [0.1, 0.15) is 30.3 Å². The molecule has 3 nitrogen and oxygen atoms in total. The van der Waals surface area contributed by atoms with E-state index in [2.05, 4.69) is 46.8 Å². The van der Waals surface area contributed by atoms with E-state index >= 15 is 0 Å². The molecule has 6 heteroatoms. The minimum absolute atomic E-state index is 0.0280. The molecule has 0 N–H and O–H groups in total. The molecule has 1 aliphatic rings. The van der Waals surface area contributed by atoms with Crippen molar-refractivity contribution in [3.05, 3.63) is 69.9 Å². The summed E-state index contributed by atoms with van der Waals surface area (Å²) in [6.45, 7) is 6.07. The van der Waals surface area contributed by atoms with E-state index in [0.29, 0.717) is 6.54 Å². The number of hydrogen-bond acceptors (Lipinski definition) is 3. The van der Waals surface area contributed by atoms with Crippen LogP contribution in [0.15, 0.2) is 53.0 Å². The molecule has 0 radical (unpaired) electrons. The van der Waals surface area contributed by atoms with Gasteiger partial charge in [-0.25, -0.2) is 4.39 Å². The summed E-state index contributed by atoms with van der Waals surface area (Å²) in [6, 6.07) is 15.0. The lowest BCUT2D eigenvalue weighted by atomic mass is 10.1. The molecule has 0 aliphatic carbocycles. The van der Waals surface area contributed by atoms with E-state index in [1.54, 1.807) is 23.9 Å². The second-order valence-electron chi connectivity index (χ2n) is 6.99. The lowest BCUT2D eigenvalue weighted by molar-refractivity contribution is -0.133. The van der Waals surface area contributed by atoms with E-state index in [1.807, 2.05) is 17.0 Å². The molecule has 2 aromatic carbocycles. The maximum atomic E-state index is 13.2. The van der Waals surface area contributed by atoms with Crippen LogP contribution in [0.25, 0.3) is 0 Å². The van der Waals surface area contributed by atoms with Crippen LogP contribution < -0.4 is 0 Å². The zero-order valence-electron chi connectivity index (χ0n) is 15.6. The van der Waals surface area contributed by atoms with Crippen molar-refractivity contribution in [3.8, 4) is 0 Å². The Morgan fingerprint density at radius 1 is 1.22 bits per heavy atom. The summed E-state index contributed by atoms with van der Waals surface area (Å²) in [5, 5.41) is -0.0280. The summed E-state index contributed by atoms with van der Waals surface area (Å²) < 4.78 is 14.3. The van der Waals surface area contributed by atoms with Crippen LogP contribution in [-0.2, 0) is 11.3 Å². The molecule has 1 aliphatic heterocycles. The van der Waals surface area contributed by atoms with Crippen LogP contribution in [-0.4, -0.2) is 40.6 Å². The highest BCUT2D eigenvalue weighted by Crippen LogP contribution is 2.38. The zero-order valence-corrected chi connectivity index (χ0v) is 18.0. The third-order valence-corrected chi connectivity index (χ3v) is 6.52. The third-order valence-electron chi connectivity index (χ3n) is 4.73. The first-order valence-electron chi connectivity index (χ1n) is 9.09. The number of thioether (sulfide) groups is 1. The molecule has 1 amide bonds. The number of carbonyl (C=O) groups is 1. The summed E-state index contributed by atoms with van der Waals surface area (Å²) in [7, 11) is 0. The van der Waals surface area contributed by atoms with Gasteiger partial charge in [0.15, 0.2) is 0 Å². The van der Waals surface area contributed by atoms with Crippen molar-refractivity contribution >= 4 is 33.6 Å². The summed E-state index contributed by atoms with van der Waals surface area (Å²) in [4.78, 5) is 17.2. The van der Waals surface area contributed by atoms with Crippen LogP contribution in [0.2, 0.25) is 0 Å². The Kier molecular flexibility index (Phi) is 6.95. The number of hydrogen-bond donors (Lipinski definition) is 0. The number of carbonyl (C=O) groups excluding carboxylic acids is 1. The minimum atomic E-state index is -0.250. The Morgan fingerprint density at radius 2 is 1.89 bits per heavy atom. The van der Waals surface area contributed by atoms with E-state index < -0.39 is 0 Å². The highest BCUT2D eigenvalue weighted by Gasteiger charge is 2.31. The monoisotopic (exact) mass is 450 g/mol. The van der Waals surface area contributed by atoms with Crippen LogP contribution in [0.3, 0.4) is 0 Å². The molecule has 27 heavy (non-hydrogen) atoms. The fourth-order valence-electron chi connectivity index (χ4n) is 3.14. The number of amides is 1. The number of nitrogens with zero attached hydrogens (tertiary/aromatic N) is 2. The quantitative estimate of drug-likeness (QED) is 0.613. The molecule has 144 valence electrons. The van der Waals surface area contributed by atoms with Crippen molar-refractivity contribution in [1.29, 1.82) is 0 Å².